The Morgan fingerprint density at radius 3 is 2.79 bits per heavy atom. The molecule has 1 aliphatic rings. The fourth-order valence-electron chi connectivity index (χ4n) is 2.94. The molecule has 3 aromatic rings. The van der Waals surface area contributed by atoms with Crippen molar-refractivity contribution in [3.05, 3.63) is 56.7 Å². The highest BCUT2D eigenvalue weighted by Gasteiger charge is 2.27. The van der Waals surface area contributed by atoms with Crippen molar-refractivity contribution in [3.8, 4) is 17.0 Å². The standard InChI is InChI=1S/C18H17N3O3/c1-2-24-12-5-3-4-11(8-12)14-9-13(10-6-7-10)15-16(19-14)17(22)21-18(23)20-15/h3-5,8-10H,2,6-7H2,1H3,(H2,20,21,22,23). The number of ether oxygens (including phenoxy) is 1. The molecule has 0 radical (unpaired) electrons. The third-order valence-electron chi connectivity index (χ3n) is 4.19. The van der Waals surface area contributed by atoms with Crippen LogP contribution in [0, 0.1) is 0 Å². The van der Waals surface area contributed by atoms with Crippen molar-refractivity contribution in [2.75, 3.05) is 6.61 Å². The molecule has 0 unspecified atom stereocenters. The highest BCUT2D eigenvalue weighted by molar-refractivity contribution is 5.81. The second-order valence-electron chi connectivity index (χ2n) is 5.96. The van der Waals surface area contributed by atoms with Gasteiger partial charge >= 0.3 is 5.69 Å². The van der Waals surface area contributed by atoms with Gasteiger partial charge in [0, 0.05) is 5.56 Å². The summed E-state index contributed by atoms with van der Waals surface area (Å²) in [5, 5.41) is 0. The van der Waals surface area contributed by atoms with E-state index in [0.717, 1.165) is 29.7 Å². The molecule has 1 aliphatic carbocycles. The van der Waals surface area contributed by atoms with Crippen molar-refractivity contribution in [1.82, 2.24) is 15.0 Å². The molecule has 2 heterocycles. The van der Waals surface area contributed by atoms with Gasteiger partial charge in [-0.05, 0) is 49.4 Å². The van der Waals surface area contributed by atoms with Crippen LogP contribution in [0.5, 0.6) is 5.75 Å². The van der Waals surface area contributed by atoms with E-state index >= 15 is 0 Å². The van der Waals surface area contributed by atoms with Crippen molar-refractivity contribution >= 4 is 11.0 Å². The van der Waals surface area contributed by atoms with Crippen molar-refractivity contribution in [1.29, 1.82) is 0 Å². The van der Waals surface area contributed by atoms with Crippen LogP contribution in [0.2, 0.25) is 0 Å². The first kappa shape index (κ1) is 14.7. The minimum absolute atomic E-state index is 0.274. The maximum absolute atomic E-state index is 12.2. The van der Waals surface area contributed by atoms with Crippen molar-refractivity contribution in [3.63, 3.8) is 0 Å². The molecule has 2 aromatic heterocycles. The van der Waals surface area contributed by atoms with Gasteiger partial charge in [-0.1, -0.05) is 12.1 Å². The third-order valence-corrected chi connectivity index (χ3v) is 4.19. The maximum Gasteiger partial charge on any atom is 0.326 e. The Hall–Kier alpha value is -2.89. The first-order valence-electron chi connectivity index (χ1n) is 8.06. The lowest BCUT2D eigenvalue weighted by atomic mass is 10.0. The Balaban J connectivity index is 1.95. The van der Waals surface area contributed by atoms with Crippen molar-refractivity contribution < 1.29 is 4.74 Å². The summed E-state index contributed by atoms with van der Waals surface area (Å²) in [6.45, 7) is 2.52. The van der Waals surface area contributed by atoms with Gasteiger partial charge < -0.3 is 9.72 Å². The van der Waals surface area contributed by atoms with Crippen molar-refractivity contribution in [2.45, 2.75) is 25.7 Å². The topological polar surface area (TPSA) is 87.8 Å². The number of aromatic amines is 2. The Kier molecular flexibility index (Phi) is 3.45. The van der Waals surface area contributed by atoms with E-state index in [0.29, 0.717) is 23.7 Å². The molecule has 0 aliphatic heterocycles. The first-order valence-corrected chi connectivity index (χ1v) is 8.06. The second-order valence-corrected chi connectivity index (χ2v) is 5.96. The molecule has 0 bridgehead atoms. The van der Waals surface area contributed by atoms with Crippen LogP contribution in [0.3, 0.4) is 0 Å². The molecule has 1 fully saturated rings. The van der Waals surface area contributed by atoms with Crippen LogP contribution < -0.4 is 16.0 Å². The lowest BCUT2D eigenvalue weighted by molar-refractivity contribution is 0.340. The summed E-state index contributed by atoms with van der Waals surface area (Å²) in [5.74, 6) is 1.14. The van der Waals surface area contributed by atoms with Gasteiger partial charge in [0.25, 0.3) is 5.56 Å². The number of H-pyrrole nitrogens is 2. The van der Waals surface area contributed by atoms with Gasteiger partial charge in [0.15, 0.2) is 5.52 Å². The van der Waals surface area contributed by atoms with E-state index in [9.17, 15) is 9.59 Å². The number of pyridine rings is 1. The molecule has 24 heavy (non-hydrogen) atoms. The number of hydrogen-bond donors (Lipinski definition) is 2. The fourth-order valence-corrected chi connectivity index (χ4v) is 2.94. The molecule has 0 atom stereocenters. The fraction of sp³-hybridized carbons (Fsp3) is 0.278. The number of nitrogens with zero attached hydrogens (tertiary/aromatic N) is 1. The molecule has 0 spiro atoms. The summed E-state index contributed by atoms with van der Waals surface area (Å²) >= 11 is 0. The van der Waals surface area contributed by atoms with Gasteiger partial charge in [-0.25, -0.2) is 9.78 Å². The third kappa shape index (κ3) is 2.60. The van der Waals surface area contributed by atoms with E-state index in [4.69, 9.17) is 4.74 Å². The molecule has 2 N–H and O–H groups in total. The molecule has 122 valence electrons. The number of rotatable bonds is 4. The lowest BCUT2D eigenvalue weighted by Gasteiger charge is -2.10. The summed E-state index contributed by atoms with van der Waals surface area (Å²) in [4.78, 5) is 33.3. The summed E-state index contributed by atoms with van der Waals surface area (Å²) < 4.78 is 5.54. The number of nitrogens with one attached hydrogen (secondary N) is 2. The van der Waals surface area contributed by atoms with E-state index < -0.39 is 11.2 Å². The smallest absolute Gasteiger partial charge is 0.326 e. The van der Waals surface area contributed by atoms with Crippen LogP contribution in [0.4, 0.5) is 0 Å². The Bertz CT molecular complexity index is 1030. The molecule has 1 saturated carbocycles. The maximum atomic E-state index is 12.2. The van der Waals surface area contributed by atoms with E-state index in [-0.39, 0.29) is 5.52 Å². The quantitative estimate of drug-likeness (QED) is 0.772. The normalized spacial score (nSPS) is 14.0. The Morgan fingerprint density at radius 2 is 2.04 bits per heavy atom. The predicted octanol–water partition coefficient (Wildman–Crippen LogP) is 2.55. The van der Waals surface area contributed by atoms with Gasteiger partial charge in [0.1, 0.15) is 5.75 Å². The van der Waals surface area contributed by atoms with Gasteiger partial charge in [0.05, 0.1) is 17.8 Å². The molecule has 0 amide bonds. The summed E-state index contributed by atoms with van der Waals surface area (Å²) in [7, 11) is 0. The van der Waals surface area contributed by atoms with Gasteiger partial charge in [-0.15, -0.1) is 0 Å². The highest BCUT2D eigenvalue weighted by Crippen LogP contribution is 2.43. The first-order chi connectivity index (χ1) is 11.7. The average molecular weight is 323 g/mol. The molecule has 1 aromatic carbocycles. The number of aromatic nitrogens is 3. The molecular weight excluding hydrogens is 306 g/mol. The van der Waals surface area contributed by atoms with Gasteiger partial charge in [-0.2, -0.15) is 0 Å². The monoisotopic (exact) mass is 323 g/mol. The second kappa shape index (κ2) is 5.63. The molecule has 0 saturated heterocycles. The minimum Gasteiger partial charge on any atom is -0.494 e. The summed E-state index contributed by atoms with van der Waals surface area (Å²) in [6.07, 6.45) is 2.12. The zero-order valence-corrected chi connectivity index (χ0v) is 13.3. The van der Waals surface area contributed by atoms with E-state index in [1.54, 1.807) is 0 Å². The van der Waals surface area contributed by atoms with Crippen LogP contribution in [-0.4, -0.2) is 21.6 Å². The summed E-state index contributed by atoms with van der Waals surface area (Å²) in [6, 6.07) is 9.61. The Labute approximate surface area is 137 Å². The largest absolute Gasteiger partial charge is 0.494 e. The van der Waals surface area contributed by atoms with Crippen molar-refractivity contribution in [2.24, 2.45) is 0 Å². The molecule has 6 nitrogen and oxygen atoms in total. The zero-order valence-electron chi connectivity index (χ0n) is 13.3. The molecular formula is C18H17N3O3. The van der Waals surface area contributed by atoms with Crippen LogP contribution >= 0.6 is 0 Å². The summed E-state index contributed by atoms with van der Waals surface area (Å²) in [5.41, 5.74) is 2.45. The average Bonchev–Trinajstić information content (AvgIpc) is 3.39. The number of fused-ring (bicyclic) bond motifs is 1. The lowest BCUT2D eigenvalue weighted by Crippen LogP contribution is -2.23. The van der Waals surface area contributed by atoms with Gasteiger partial charge in [-0.3, -0.25) is 9.78 Å². The number of benzene rings is 1. The highest BCUT2D eigenvalue weighted by atomic mass is 16.5. The molecule has 4 rings (SSSR count). The molecule has 6 heteroatoms. The van der Waals surface area contributed by atoms with Crippen LogP contribution in [0.1, 0.15) is 31.2 Å². The van der Waals surface area contributed by atoms with Crippen LogP contribution in [-0.2, 0) is 0 Å². The van der Waals surface area contributed by atoms with Crippen LogP contribution in [0.25, 0.3) is 22.3 Å². The van der Waals surface area contributed by atoms with Crippen LogP contribution in [0.15, 0.2) is 39.9 Å². The van der Waals surface area contributed by atoms with E-state index in [1.165, 1.54) is 0 Å². The van der Waals surface area contributed by atoms with E-state index in [1.807, 2.05) is 37.3 Å². The van der Waals surface area contributed by atoms with E-state index in [2.05, 4.69) is 15.0 Å². The van der Waals surface area contributed by atoms with Gasteiger partial charge in [0.2, 0.25) is 0 Å². The zero-order chi connectivity index (χ0) is 16.7. The SMILES string of the molecule is CCOc1cccc(-c2cc(C3CC3)c3[nH]c(=O)[nH]c(=O)c3n2)c1. The predicted molar refractivity (Wildman–Crippen MR) is 91.6 cm³/mol. The number of hydrogen-bond acceptors (Lipinski definition) is 4. The Morgan fingerprint density at radius 1 is 1.21 bits per heavy atom. The minimum atomic E-state index is -0.498.